The van der Waals surface area contributed by atoms with Gasteiger partial charge in [-0.3, -0.25) is 0 Å². The van der Waals surface area contributed by atoms with Gasteiger partial charge in [0, 0.05) is 27.5 Å². The normalized spacial score (nSPS) is 13.0. The van der Waals surface area contributed by atoms with Crippen LogP contribution in [-0.2, 0) is 5.41 Å². The summed E-state index contributed by atoms with van der Waals surface area (Å²) in [6, 6.07) is 75.8. The monoisotopic (exact) mass is 789 g/mol. The van der Waals surface area contributed by atoms with Crippen LogP contribution in [0.3, 0.4) is 0 Å². The summed E-state index contributed by atoms with van der Waals surface area (Å²) in [6.45, 7) is 0. The Bertz CT molecular complexity index is 3500. The molecular formula is C58H35N3O. The first-order valence-electron chi connectivity index (χ1n) is 21.1. The lowest BCUT2D eigenvalue weighted by molar-refractivity contribution is 0.669. The summed E-state index contributed by atoms with van der Waals surface area (Å²) in [4.78, 5) is 15.0. The molecule has 2 aliphatic rings. The van der Waals surface area contributed by atoms with Crippen LogP contribution in [0.1, 0.15) is 22.3 Å². The number of aromatic nitrogens is 3. The molecule has 2 heterocycles. The van der Waals surface area contributed by atoms with E-state index >= 15 is 0 Å². The molecule has 0 aliphatic heterocycles. The fourth-order valence-corrected chi connectivity index (χ4v) is 10.2. The minimum absolute atomic E-state index is 0.361. The molecule has 0 amide bonds. The molecule has 2 aromatic heterocycles. The predicted molar refractivity (Wildman–Crippen MR) is 251 cm³/mol. The lowest BCUT2D eigenvalue weighted by atomic mass is 9.70. The third-order valence-electron chi connectivity index (χ3n) is 13.0. The van der Waals surface area contributed by atoms with Crippen molar-refractivity contribution in [2.24, 2.45) is 0 Å². The van der Waals surface area contributed by atoms with Crippen LogP contribution < -0.4 is 0 Å². The molecule has 4 heteroatoms. The molecule has 4 nitrogen and oxygen atoms in total. The van der Waals surface area contributed by atoms with Crippen molar-refractivity contribution >= 4 is 21.9 Å². The maximum absolute atomic E-state index is 6.12. The lowest BCUT2D eigenvalue weighted by Crippen LogP contribution is -2.25. The van der Waals surface area contributed by atoms with E-state index in [1.807, 2.05) is 60.7 Å². The van der Waals surface area contributed by atoms with Crippen LogP contribution in [0, 0.1) is 0 Å². The Kier molecular flexibility index (Phi) is 7.49. The highest BCUT2D eigenvalue weighted by atomic mass is 16.3. The second-order valence-electron chi connectivity index (χ2n) is 16.3. The van der Waals surface area contributed by atoms with Crippen molar-refractivity contribution in [1.29, 1.82) is 0 Å². The molecule has 0 N–H and O–H groups in total. The molecule has 288 valence electrons. The molecule has 0 bridgehead atoms. The fourth-order valence-electron chi connectivity index (χ4n) is 10.2. The highest BCUT2D eigenvalue weighted by Gasteiger charge is 2.51. The minimum Gasteiger partial charge on any atom is -0.456 e. The Balaban J connectivity index is 0.851. The Morgan fingerprint density at radius 2 is 0.694 bits per heavy atom. The molecule has 0 radical (unpaired) electrons. The van der Waals surface area contributed by atoms with Gasteiger partial charge in [0.1, 0.15) is 11.2 Å². The smallest absolute Gasteiger partial charge is 0.164 e. The Hall–Kier alpha value is -8.21. The van der Waals surface area contributed by atoms with Crippen molar-refractivity contribution in [3.05, 3.63) is 235 Å². The zero-order valence-electron chi connectivity index (χ0n) is 33.5. The SMILES string of the molecule is c1ccc(-c2nc(-c3ccc(-c4ccc(-c5ccc6c(c5)C5(c7ccccc7-c7ccccc75)c5ccccc5-6)cc4)cc3)nc(-c3ccc4oc5ccccc5c4c3)n2)cc1. The number of rotatable bonds is 5. The maximum atomic E-state index is 6.12. The molecule has 11 aromatic rings. The molecule has 0 fully saturated rings. The van der Waals surface area contributed by atoms with Gasteiger partial charge in [-0.05, 0) is 97.1 Å². The number of fused-ring (bicyclic) bond motifs is 13. The number of benzene rings is 9. The van der Waals surface area contributed by atoms with E-state index in [4.69, 9.17) is 19.4 Å². The van der Waals surface area contributed by atoms with Crippen LogP contribution in [0.4, 0.5) is 0 Å². The second-order valence-corrected chi connectivity index (χ2v) is 16.3. The zero-order chi connectivity index (χ0) is 40.8. The van der Waals surface area contributed by atoms with Crippen molar-refractivity contribution in [3.8, 4) is 78.7 Å². The molecule has 13 rings (SSSR count). The highest BCUT2D eigenvalue weighted by Crippen LogP contribution is 2.63. The first kappa shape index (κ1) is 34.6. The number of hydrogen-bond donors (Lipinski definition) is 0. The third kappa shape index (κ3) is 5.10. The van der Waals surface area contributed by atoms with E-state index < -0.39 is 0 Å². The second kappa shape index (κ2) is 13.4. The fraction of sp³-hybridized carbons (Fsp3) is 0.0172. The van der Waals surface area contributed by atoms with Crippen LogP contribution >= 0.6 is 0 Å². The van der Waals surface area contributed by atoms with Gasteiger partial charge in [-0.25, -0.2) is 15.0 Å². The van der Waals surface area contributed by atoms with E-state index in [2.05, 4.69) is 152 Å². The quantitative estimate of drug-likeness (QED) is 0.174. The summed E-state index contributed by atoms with van der Waals surface area (Å²) in [6.07, 6.45) is 0. The van der Waals surface area contributed by atoms with E-state index in [1.54, 1.807) is 0 Å². The summed E-state index contributed by atoms with van der Waals surface area (Å²) in [7, 11) is 0. The average molecular weight is 790 g/mol. The number of para-hydroxylation sites is 1. The summed E-state index contributed by atoms with van der Waals surface area (Å²) < 4.78 is 6.12. The third-order valence-corrected chi connectivity index (χ3v) is 13.0. The van der Waals surface area contributed by atoms with Crippen molar-refractivity contribution in [3.63, 3.8) is 0 Å². The Labute approximate surface area is 358 Å². The standard InChI is InChI=1S/C58H35N3O/c1-2-12-39(13-3-1)55-59-56(61-57(60-55)42-31-33-54-48(34-42)47-17-7-11-21-53(47)62-54)40-28-26-37(27-29-40)36-22-24-38(25-23-36)41-30-32-46-45-16-6-10-20-51(45)58(52(46)35-41)49-18-8-4-14-43(49)44-15-5-9-19-50(44)58/h1-35H. The molecule has 1 spiro atoms. The van der Waals surface area contributed by atoms with Gasteiger partial charge in [0.05, 0.1) is 5.41 Å². The first-order chi connectivity index (χ1) is 30.7. The van der Waals surface area contributed by atoms with Crippen LogP contribution in [0.5, 0.6) is 0 Å². The van der Waals surface area contributed by atoms with Gasteiger partial charge >= 0.3 is 0 Å². The van der Waals surface area contributed by atoms with Crippen LogP contribution in [0.15, 0.2) is 217 Å². The van der Waals surface area contributed by atoms with Crippen molar-refractivity contribution in [2.45, 2.75) is 5.41 Å². The zero-order valence-corrected chi connectivity index (χ0v) is 33.5. The molecular weight excluding hydrogens is 755 g/mol. The topological polar surface area (TPSA) is 51.8 Å². The van der Waals surface area contributed by atoms with E-state index in [-0.39, 0.29) is 5.41 Å². The van der Waals surface area contributed by atoms with Gasteiger partial charge in [0.2, 0.25) is 0 Å². The van der Waals surface area contributed by atoms with E-state index in [0.29, 0.717) is 17.5 Å². The first-order valence-corrected chi connectivity index (χ1v) is 21.1. The molecule has 9 aromatic carbocycles. The van der Waals surface area contributed by atoms with Crippen molar-refractivity contribution < 1.29 is 4.42 Å². The largest absolute Gasteiger partial charge is 0.456 e. The lowest BCUT2D eigenvalue weighted by Gasteiger charge is -2.30. The number of hydrogen-bond acceptors (Lipinski definition) is 4. The molecule has 62 heavy (non-hydrogen) atoms. The Morgan fingerprint density at radius 3 is 1.31 bits per heavy atom. The van der Waals surface area contributed by atoms with Gasteiger partial charge < -0.3 is 4.42 Å². The number of furan rings is 1. The molecule has 0 atom stereocenters. The van der Waals surface area contributed by atoms with Gasteiger partial charge in [-0.2, -0.15) is 0 Å². The predicted octanol–water partition coefficient (Wildman–Crippen LogP) is 14.4. The summed E-state index contributed by atoms with van der Waals surface area (Å²) >= 11 is 0. The minimum atomic E-state index is -0.361. The van der Waals surface area contributed by atoms with Gasteiger partial charge in [0.15, 0.2) is 17.5 Å². The van der Waals surface area contributed by atoms with Crippen molar-refractivity contribution in [1.82, 2.24) is 15.0 Å². The van der Waals surface area contributed by atoms with Crippen LogP contribution in [-0.4, -0.2) is 15.0 Å². The van der Waals surface area contributed by atoms with Crippen LogP contribution in [0.25, 0.3) is 101 Å². The van der Waals surface area contributed by atoms with E-state index in [9.17, 15) is 0 Å². The molecule has 0 saturated heterocycles. The summed E-state index contributed by atoms with van der Waals surface area (Å²) in [5.74, 6) is 1.87. The van der Waals surface area contributed by atoms with E-state index in [0.717, 1.165) is 49.8 Å². The summed E-state index contributed by atoms with van der Waals surface area (Å²) in [5.41, 5.74) is 19.4. The van der Waals surface area contributed by atoms with E-state index in [1.165, 1.54) is 55.6 Å². The summed E-state index contributed by atoms with van der Waals surface area (Å²) in [5, 5.41) is 2.10. The highest BCUT2D eigenvalue weighted by molar-refractivity contribution is 6.06. The molecule has 0 saturated carbocycles. The van der Waals surface area contributed by atoms with Crippen LogP contribution in [0.2, 0.25) is 0 Å². The molecule has 2 aliphatic carbocycles. The van der Waals surface area contributed by atoms with Gasteiger partial charge in [0.25, 0.3) is 0 Å². The Morgan fingerprint density at radius 1 is 0.274 bits per heavy atom. The average Bonchev–Trinajstić information content (AvgIpc) is 3.98. The number of nitrogens with zero attached hydrogens (tertiary/aromatic N) is 3. The van der Waals surface area contributed by atoms with Gasteiger partial charge in [-0.15, -0.1) is 0 Å². The van der Waals surface area contributed by atoms with Crippen molar-refractivity contribution in [2.75, 3.05) is 0 Å². The van der Waals surface area contributed by atoms with Gasteiger partial charge in [-0.1, -0.05) is 182 Å². The molecule has 0 unspecified atom stereocenters. The maximum Gasteiger partial charge on any atom is 0.164 e.